The number of halogens is 8. The number of para-hydroxylation sites is 2. The van der Waals surface area contributed by atoms with Crippen molar-refractivity contribution >= 4 is 41.7 Å². The summed E-state index contributed by atoms with van der Waals surface area (Å²) in [5, 5.41) is 4.32. The molecule has 0 radical (unpaired) electrons. The van der Waals surface area contributed by atoms with E-state index < -0.39 is 35.7 Å². The number of piperidine rings is 2. The third kappa shape index (κ3) is 14.7. The van der Waals surface area contributed by atoms with Gasteiger partial charge in [0.05, 0.1) is 33.6 Å². The van der Waals surface area contributed by atoms with Crippen molar-refractivity contribution in [1.82, 2.24) is 30.0 Å². The van der Waals surface area contributed by atoms with Crippen LogP contribution in [0.15, 0.2) is 134 Å². The van der Waals surface area contributed by atoms with Crippen LogP contribution >= 0.6 is 23.2 Å². The minimum Gasteiger partial charge on any atom is -0.456 e. The molecule has 6 heterocycles. The Hall–Kier alpha value is -6.93. The second-order valence-corrected chi connectivity index (χ2v) is 19.5. The van der Waals surface area contributed by atoms with E-state index in [1.165, 1.54) is 4.90 Å². The highest BCUT2D eigenvalue weighted by Crippen LogP contribution is 2.42. The van der Waals surface area contributed by atoms with Gasteiger partial charge in [0.15, 0.2) is 11.5 Å². The summed E-state index contributed by atoms with van der Waals surface area (Å²) in [6.45, 7) is 6.68. The Bertz CT molecular complexity index is 2940. The van der Waals surface area contributed by atoms with Crippen LogP contribution in [0.5, 0.6) is 34.5 Å². The summed E-state index contributed by atoms with van der Waals surface area (Å²) in [5.41, 5.74) is 0.246. The smallest absolute Gasteiger partial charge is 0.418 e. The zero-order chi connectivity index (χ0) is 53.2. The number of carbonyl (C=O) groups is 3. The molecule has 4 aliphatic rings. The second-order valence-electron chi connectivity index (χ2n) is 18.7. The maximum absolute atomic E-state index is 12.9. The molecule has 1 N–H and O–H groups in total. The normalized spacial score (nSPS) is 16.7. The maximum Gasteiger partial charge on any atom is 0.418 e. The molecule has 4 aliphatic heterocycles. The van der Waals surface area contributed by atoms with Crippen molar-refractivity contribution in [3.63, 3.8) is 0 Å². The van der Waals surface area contributed by atoms with E-state index in [4.69, 9.17) is 42.1 Å². The molecule has 2 aromatic heterocycles. The second kappa shape index (κ2) is 23.7. The van der Waals surface area contributed by atoms with Gasteiger partial charge in [-0.1, -0.05) is 71.7 Å². The summed E-state index contributed by atoms with van der Waals surface area (Å²) >= 11 is 12.1. The number of amides is 2. The number of ether oxygens (including phenoxy) is 4. The first-order valence-electron chi connectivity index (χ1n) is 23.8. The molecule has 2 amide bonds. The zero-order valence-corrected chi connectivity index (χ0v) is 41.6. The molecule has 21 heteroatoms. The van der Waals surface area contributed by atoms with Crippen LogP contribution < -0.4 is 24.3 Å². The van der Waals surface area contributed by atoms with Crippen molar-refractivity contribution < 1.29 is 59.7 Å². The van der Waals surface area contributed by atoms with E-state index in [2.05, 4.69) is 26.3 Å². The van der Waals surface area contributed by atoms with Gasteiger partial charge in [0, 0.05) is 76.9 Å². The number of alkyl halides is 6. The number of rotatable bonds is 9. The Morgan fingerprint density at radius 1 is 0.587 bits per heavy atom. The average Bonchev–Trinajstić information content (AvgIpc) is 3.37. The lowest BCUT2D eigenvalue weighted by Crippen LogP contribution is -2.60. The van der Waals surface area contributed by atoms with Gasteiger partial charge in [-0.2, -0.15) is 26.3 Å². The third-order valence-electron chi connectivity index (χ3n) is 13.2. The minimum absolute atomic E-state index is 0.139. The number of benzene rings is 4. The Labute approximate surface area is 438 Å². The lowest BCUT2D eigenvalue weighted by Gasteiger charge is -2.54. The number of hydrogen-bond acceptors (Lipinski definition) is 11. The Balaban J connectivity index is 0.000000166. The zero-order valence-electron chi connectivity index (χ0n) is 40.1. The van der Waals surface area contributed by atoms with Crippen LogP contribution in [0, 0.1) is 10.8 Å². The van der Waals surface area contributed by atoms with Gasteiger partial charge < -0.3 is 34.1 Å². The van der Waals surface area contributed by atoms with E-state index in [1.54, 1.807) is 47.4 Å². The average molecular weight is 1080 g/mol. The summed E-state index contributed by atoms with van der Waals surface area (Å²) < 4.78 is 98.1. The monoisotopic (exact) mass is 1080 g/mol. The van der Waals surface area contributed by atoms with Crippen LogP contribution in [-0.2, 0) is 18.9 Å². The topological polar surface area (TPSA) is 136 Å². The van der Waals surface area contributed by atoms with Crippen LogP contribution in [-0.4, -0.2) is 95.5 Å². The predicted molar refractivity (Wildman–Crippen MR) is 266 cm³/mol. The van der Waals surface area contributed by atoms with Crippen LogP contribution in [0.1, 0.15) is 52.7 Å². The first-order valence-corrected chi connectivity index (χ1v) is 24.5. The number of nitrogens with zero attached hydrogens (tertiary/aromatic N) is 5. The summed E-state index contributed by atoms with van der Waals surface area (Å²) in [5.74, 6) is 2.11. The number of pyridine rings is 2. The highest BCUT2D eigenvalue weighted by atomic mass is 35.5. The van der Waals surface area contributed by atoms with Gasteiger partial charge in [0.1, 0.15) is 29.3 Å². The van der Waals surface area contributed by atoms with Crippen molar-refractivity contribution in [3.8, 4) is 34.5 Å². The van der Waals surface area contributed by atoms with Gasteiger partial charge in [-0.3, -0.25) is 19.7 Å². The van der Waals surface area contributed by atoms with Gasteiger partial charge in [0.2, 0.25) is 0 Å². The van der Waals surface area contributed by atoms with Crippen molar-refractivity contribution in [2.45, 2.75) is 44.6 Å². The van der Waals surface area contributed by atoms with Crippen LogP contribution in [0.25, 0.3) is 0 Å². The van der Waals surface area contributed by atoms with Gasteiger partial charge in [-0.25, -0.2) is 9.59 Å². The molecule has 13 nitrogen and oxygen atoms in total. The van der Waals surface area contributed by atoms with Crippen LogP contribution in [0.3, 0.4) is 0 Å². The number of likely N-dealkylation sites (tertiary alicyclic amines) is 3. The maximum atomic E-state index is 12.9. The molecule has 4 fully saturated rings. The fraction of sp³-hybridized carbons (Fsp3) is 0.315. The fourth-order valence-electron chi connectivity index (χ4n) is 9.01. The van der Waals surface area contributed by atoms with E-state index in [0.29, 0.717) is 71.4 Å². The van der Waals surface area contributed by atoms with E-state index in [0.717, 1.165) is 101 Å². The fourth-order valence-corrected chi connectivity index (χ4v) is 9.35. The molecule has 0 aliphatic carbocycles. The summed E-state index contributed by atoms with van der Waals surface area (Å²) in [4.78, 5) is 47.6. The highest BCUT2D eigenvalue weighted by molar-refractivity contribution is 6.32. The molecule has 10 rings (SSSR count). The first kappa shape index (κ1) is 54.3. The summed E-state index contributed by atoms with van der Waals surface area (Å²) in [7, 11) is 0. The minimum atomic E-state index is -4.55. The molecule has 6 aromatic rings. The molecule has 4 saturated heterocycles. The van der Waals surface area contributed by atoms with Crippen LogP contribution in [0.2, 0.25) is 10.0 Å². The van der Waals surface area contributed by atoms with Gasteiger partial charge in [0.25, 0.3) is 0 Å². The third-order valence-corrected chi connectivity index (χ3v) is 13.8. The highest BCUT2D eigenvalue weighted by Gasteiger charge is 2.46. The Morgan fingerprint density at radius 3 is 1.51 bits per heavy atom. The van der Waals surface area contributed by atoms with Crippen LogP contribution in [0.4, 0.5) is 35.9 Å². The number of aromatic nitrogens is 2. The Morgan fingerprint density at radius 2 is 1.05 bits per heavy atom. The van der Waals surface area contributed by atoms with Crippen molar-refractivity contribution in [2.75, 3.05) is 52.4 Å². The van der Waals surface area contributed by atoms with E-state index in [-0.39, 0.29) is 22.3 Å². The molecular formula is C54H50Cl2F6N6O7. The van der Waals surface area contributed by atoms with Crippen molar-refractivity contribution in [1.29, 1.82) is 0 Å². The number of aldehydes is 1. The molecule has 4 aromatic carbocycles. The van der Waals surface area contributed by atoms with E-state index >= 15 is 0 Å². The lowest BCUT2D eigenvalue weighted by molar-refractivity contribution is -0.138. The molecule has 0 atom stereocenters. The Kier molecular flexibility index (Phi) is 17.2. The molecular weight excluding hydrogens is 1030 g/mol. The molecule has 75 heavy (non-hydrogen) atoms. The molecule has 0 saturated carbocycles. The number of carbonyl (C=O) groups excluding carboxylic acids is 3. The standard InChI is InChI=1S/C27H25ClF3N3O3.C14H16F3N3O2.C13H9ClO2/c28-23-6-1-2-7-24(23)36-21-5-3-4-19(12-21)16-33-17-26(18-33)8-10-34(11-9-26)25(35)37-22-13-20(14-32-15-22)27(29,30)31;15-14(16,17)10-5-11(7-18-6-10)22-12(21)20-3-1-13(2-4-20)8-19-9-13;14-12-6-1-2-7-13(12)16-11-5-3-4-10(8-11)9-15/h1-7,12-15H,8-11,16-18H2;5-7,19H,1-4,8-9H2;1-9H. The molecule has 0 bridgehead atoms. The number of nitrogens with one attached hydrogen (secondary N) is 1. The number of hydrogen-bond donors (Lipinski definition) is 1. The van der Waals surface area contributed by atoms with Gasteiger partial charge in [-0.15, -0.1) is 0 Å². The quantitative estimate of drug-likeness (QED) is 0.109. The molecule has 2 spiro atoms. The predicted octanol–water partition coefficient (Wildman–Crippen LogP) is 12.9. The first-order chi connectivity index (χ1) is 35.9. The summed E-state index contributed by atoms with van der Waals surface area (Å²) in [6, 6.07) is 30.9. The molecule has 394 valence electrons. The van der Waals surface area contributed by atoms with E-state index in [1.807, 2.05) is 48.5 Å². The summed E-state index contributed by atoms with van der Waals surface area (Å²) in [6.07, 6.45) is -2.54. The van der Waals surface area contributed by atoms with Crippen molar-refractivity contribution in [2.24, 2.45) is 10.8 Å². The van der Waals surface area contributed by atoms with Gasteiger partial charge in [-0.05, 0) is 103 Å². The van der Waals surface area contributed by atoms with Crippen molar-refractivity contribution in [3.05, 3.63) is 166 Å². The molecule has 0 unspecified atom stereocenters. The largest absolute Gasteiger partial charge is 0.456 e. The van der Waals surface area contributed by atoms with E-state index in [9.17, 15) is 40.7 Å². The van der Waals surface area contributed by atoms with Gasteiger partial charge >= 0.3 is 24.5 Å². The lowest BCUT2D eigenvalue weighted by atomic mass is 9.72. The SMILES string of the molecule is O=C(Oc1cncc(C(F)(F)F)c1)N1CCC2(CC1)CN(Cc1cccc(Oc3ccccc3Cl)c1)C2.O=C(Oc1cncc(C(F)(F)F)c1)N1CCC2(CC1)CNC2.O=Cc1cccc(Oc2ccccc2Cl)c1.